The average Bonchev–Trinajstić information content (AvgIpc) is 2.59. The first-order valence-corrected chi connectivity index (χ1v) is 4.45. The Balaban J connectivity index is 1.93. The van der Waals surface area contributed by atoms with Crippen molar-refractivity contribution in [3.63, 3.8) is 0 Å². The van der Waals surface area contributed by atoms with Crippen LogP contribution in [0.1, 0.15) is 26.2 Å². The number of hydrogen-bond acceptors (Lipinski definition) is 1. The zero-order valence-electron chi connectivity index (χ0n) is 7.01. The van der Waals surface area contributed by atoms with Gasteiger partial charge >= 0.3 is 0 Å². The zero-order chi connectivity index (χ0) is 7.84. The van der Waals surface area contributed by atoms with Crippen molar-refractivity contribution in [1.29, 1.82) is 0 Å². The fourth-order valence-electron chi connectivity index (χ4n) is 1.74. The SMILES string of the molecule is CCC1=CC=C([C@H]2C[C@@H]2N)C1. The fraction of sp³-hybridized carbons (Fsp3) is 0.600. The van der Waals surface area contributed by atoms with Gasteiger partial charge in [0.2, 0.25) is 0 Å². The lowest BCUT2D eigenvalue weighted by atomic mass is 10.1. The van der Waals surface area contributed by atoms with Crippen molar-refractivity contribution < 1.29 is 0 Å². The summed E-state index contributed by atoms with van der Waals surface area (Å²) in [6.45, 7) is 2.22. The van der Waals surface area contributed by atoms with Gasteiger partial charge in [-0.15, -0.1) is 0 Å². The van der Waals surface area contributed by atoms with Crippen molar-refractivity contribution in [2.24, 2.45) is 11.7 Å². The van der Waals surface area contributed by atoms with Crippen LogP contribution in [0, 0.1) is 5.92 Å². The first kappa shape index (κ1) is 7.11. The van der Waals surface area contributed by atoms with Crippen LogP contribution in [0.5, 0.6) is 0 Å². The summed E-state index contributed by atoms with van der Waals surface area (Å²) in [6.07, 6.45) is 8.16. The fourth-order valence-corrected chi connectivity index (χ4v) is 1.74. The quantitative estimate of drug-likeness (QED) is 0.638. The molecule has 2 aliphatic carbocycles. The lowest BCUT2D eigenvalue weighted by Crippen LogP contribution is -2.02. The van der Waals surface area contributed by atoms with E-state index in [9.17, 15) is 0 Å². The second-order valence-electron chi connectivity index (χ2n) is 3.60. The molecule has 0 bridgehead atoms. The molecule has 1 heteroatoms. The first-order chi connectivity index (χ1) is 5.31. The van der Waals surface area contributed by atoms with Gasteiger partial charge in [-0.05, 0) is 25.2 Å². The van der Waals surface area contributed by atoms with Crippen molar-refractivity contribution in [2.75, 3.05) is 0 Å². The van der Waals surface area contributed by atoms with E-state index in [0.29, 0.717) is 6.04 Å². The van der Waals surface area contributed by atoms with Crippen molar-refractivity contribution in [3.8, 4) is 0 Å². The molecule has 1 fully saturated rings. The topological polar surface area (TPSA) is 26.0 Å². The summed E-state index contributed by atoms with van der Waals surface area (Å²) in [6, 6.07) is 0.478. The third kappa shape index (κ3) is 1.25. The minimum Gasteiger partial charge on any atom is -0.327 e. The lowest BCUT2D eigenvalue weighted by molar-refractivity contribution is 0.867. The summed E-state index contributed by atoms with van der Waals surface area (Å²) in [4.78, 5) is 0. The highest BCUT2D eigenvalue weighted by Crippen LogP contribution is 2.40. The Morgan fingerprint density at radius 2 is 2.27 bits per heavy atom. The summed E-state index contributed by atoms with van der Waals surface area (Å²) in [7, 11) is 0. The third-order valence-corrected chi connectivity index (χ3v) is 2.73. The minimum absolute atomic E-state index is 0.478. The molecular weight excluding hydrogens is 134 g/mol. The van der Waals surface area contributed by atoms with Gasteiger partial charge in [-0.25, -0.2) is 0 Å². The zero-order valence-corrected chi connectivity index (χ0v) is 7.01. The predicted molar refractivity (Wildman–Crippen MR) is 47.2 cm³/mol. The Morgan fingerprint density at radius 1 is 1.55 bits per heavy atom. The minimum atomic E-state index is 0.478. The van der Waals surface area contributed by atoms with Gasteiger partial charge in [-0.1, -0.05) is 30.2 Å². The normalized spacial score (nSPS) is 35.1. The van der Waals surface area contributed by atoms with Gasteiger partial charge in [0.15, 0.2) is 0 Å². The molecule has 11 heavy (non-hydrogen) atoms. The largest absolute Gasteiger partial charge is 0.327 e. The van der Waals surface area contributed by atoms with Crippen molar-refractivity contribution >= 4 is 0 Å². The molecule has 0 spiro atoms. The molecule has 0 radical (unpaired) electrons. The molecule has 0 amide bonds. The summed E-state index contributed by atoms with van der Waals surface area (Å²) in [5.41, 5.74) is 8.92. The van der Waals surface area contributed by atoms with Crippen molar-refractivity contribution in [2.45, 2.75) is 32.2 Å². The van der Waals surface area contributed by atoms with Gasteiger partial charge in [0.25, 0.3) is 0 Å². The van der Waals surface area contributed by atoms with Gasteiger partial charge in [-0.2, -0.15) is 0 Å². The molecule has 60 valence electrons. The number of allylic oxidation sites excluding steroid dienone is 3. The standard InChI is InChI=1S/C10H15N/c1-2-7-3-4-8(5-7)9-6-10(9)11/h3-4,9-10H,2,5-6,11H2,1H3/t9-,10+/m1/s1. The van der Waals surface area contributed by atoms with E-state index in [1.807, 2.05) is 0 Å². The monoisotopic (exact) mass is 149 g/mol. The van der Waals surface area contributed by atoms with Gasteiger partial charge in [0.05, 0.1) is 0 Å². The van der Waals surface area contributed by atoms with E-state index in [1.54, 1.807) is 11.1 Å². The van der Waals surface area contributed by atoms with Crippen LogP contribution in [-0.4, -0.2) is 6.04 Å². The van der Waals surface area contributed by atoms with E-state index in [4.69, 9.17) is 5.73 Å². The van der Waals surface area contributed by atoms with Crippen LogP contribution in [0.15, 0.2) is 23.3 Å². The van der Waals surface area contributed by atoms with E-state index in [-0.39, 0.29) is 0 Å². The molecule has 2 aliphatic rings. The smallest absolute Gasteiger partial charge is 0.0112 e. The highest BCUT2D eigenvalue weighted by atomic mass is 14.7. The molecule has 1 saturated carbocycles. The Bertz CT molecular complexity index is 225. The molecule has 2 atom stereocenters. The maximum Gasteiger partial charge on any atom is 0.0112 e. The summed E-state index contributed by atoms with van der Waals surface area (Å²) in [5.74, 6) is 0.732. The van der Waals surface area contributed by atoms with E-state index >= 15 is 0 Å². The lowest BCUT2D eigenvalue weighted by Gasteiger charge is -2.00. The van der Waals surface area contributed by atoms with Crippen LogP contribution in [-0.2, 0) is 0 Å². The number of rotatable bonds is 2. The molecule has 2 rings (SSSR count). The summed E-state index contributed by atoms with van der Waals surface area (Å²) < 4.78 is 0. The second kappa shape index (κ2) is 2.49. The second-order valence-corrected chi connectivity index (χ2v) is 3.60. The average molecular weight is 149 g/mol. The van der Waals surface area contributed by atoms with E-state index < -0.39 is 0 Å². The molecule has 0 unspecified atom stereocenters. The third-order valence-electron chi connectivity index (χ3n) is 2.73. The maximum absolute atomic E-state index is 5.77. The van der Waals surface area contributed by atoms with Crippen LogP contribution in [0.4, 0.5) is 0 Å². The molecule has 0 saturated heterocycles. The maximum atomic E-state index is 5.77. The van der Waals surface area contributed by atoms with Gasteiger partial charge < -0.3 is 5.73 Å². The molecule has 0 aliphatic heterocycles. The molecule has 2 N–H and O–H groups in total. The van der Waals surface area contributed by atoms with Crippen LogP contribution < -0.4 is 5.73 Å². The molecule has 1 nitrogen and oxygen atoms in total. The van der Waals surface area contributed by atoms with Crippen molar-refractivity contribution in [3.05, 3.63) is 23.3 Å². The van der Waals surface area contributed by atoms with Gasteiger partial charge in [0.1, 0.15) is 0 Å². The summed E-state index contributed by atoms with van der Waals surface area (Å²) >= 11 is 0. The summed E-state index contributed by atoms with van der Waals surface area (Å²) in [5, 5.41) is 0. The number of hydrogen-bond donors (Lipinski definition) is 1. The van der Waals surface area contributed by atoms with E-state index in [1.165, 1.54) is 19.3 Å². The molecule has 0 aromatic rings. The Labute approximate surface area is 68.0 Å². The van der Waals surface area contributed by atoms with Crippen LogP contribution in [0.2, 0.25) is 0 Å². The Kier molecular flexibility index (Phi) is 1.61. The van der Waals surface area contributed by atoms with Crippen LogP contribution >= 0.6 is 0 Å². The number of nitrogens with two attached hydrogens (primary N) is 1. The first-order valence-electron chi connectivity index (χ1n) is 4.45. The molecule has 0 aromatic carbocycles. The highest BCUT2D eigenvalue weighted by molar-refractivity contribution is 5.35. The van der Waals surface area contributed by atoms with Crippen LogP contribution in [0.25, 0.3) is 0 Å². The molecular formula is C10H15N. The van der Waals surface area contributed by atoms with Gasteiger partial charge in [0, 0.05) is 6.04 Å². The van der Waals surface area contributed by atoms with Gasteiger partial charge in [-0.3, -0.25) is 0 Å². The van der Waals surface area contributed by atoms with E-state index in [0.717, 1.165) is 5.92 Å². The van der Waals surface area contributed by atoms with Crippen molar-refractivity contribution in [1.82, 2.24) is 0 Å². The Morgan fingerprint density at radius 3 is 2.73 bits per heavy atom. The van der Waals surface area contributed by atoms with Crippen LogP contribution in [0.3, 0.4) is 0 Å². The molecule has 0 heterocycles. The van der Waals surface area contributed by atoms with E-state index in [2.05, 4.69) is 19.1 Å². The molecule has 0 aromatic heterocycles. The highest BCUT2D eigenvalue weighted by Gasteiger charge is 2.36. The Hall–Kier alpha value is -0.560. The predicted octanol–water partition coefficient (Wildman–Crippen LogP) is 2.00.